The third-order valence-corrected chi connectivity index (χ3v) is 2.67. The number of hydrogen-bond donors (Lipinski definition) is 0. The third kappa shape index (κ3) is 1.38. The fourth-order valence-corrected chi connectivity index (χ4v) is 1.83. The fraction of sp³-hybridized carbons (Fsp3) is 0.714. The summed E-state index contributed by atoms with van der Waals surface area (Å²) in [6.07, 6.45) is 0. The molecule has 0 bridgehead atoms. The molecule has 0 aliphatic carbocycles. The van der Waals surface area contributed by atoms with Gasteiger partial charge in [-0.3, -0.25) is 14.6 Å². The molecule has 0 aromatic rings. The zero-order valence-corrected chi connectivity index (χ0v) is 8.89. The highest BCUT2D eigenvalue weighted by molar-refractivity contribution is 6.60. The molecule has 0 spiro atoms. The molecule has 0 atom stereocenters. The van der Waals surface area contributed by atoms with E-state index in [9.17, 15) is 9.59 Å². The molecule has 1 heterocycles. The van der Waals surface area contributed by atoms with Gasteiger partial charge in [-0.2, -0.15) is 0 Å². The highest BCUT2D eigenvalue weighted by Gasteiger charge is 2.54. The van der Waals surface area contributed by atoms with Crippen LogP contribution < -0.4 is 0 Å². The number of urea groups is 1. The van der Waals surface area contributed by atoms with Crippen LogP contribution in [-0.4, -0.2) is 39.3 Å². The van der Waals surface area contributed by atoms with Crippen LogP contribution in [-0.2, 0) is 4.79 Å². The number of carbonyl (C=O) groups is 2. The second-order valence-electron chi connectivity index (χ2n) is 2.62. The van der Waals surface area contributed by atoms with E-state index in [2.05, 4.69) is 0 Å². The molecule has 4 nitrogen and oxygen atoms in total. The van der Waals surface area contributed by atoms with Gasteiger partial charge in [0.25, 0.3) is 10.4 Å². The minimum absolute atomic E-state index is 0.287. The van der Waals surface area contributed by atoms with E-state index in [1.165, 1.54) is 0 Å². The van der Waals surface area contributed by atoms with Crippen molar-refractivity contribution in [3.8, 4) is 0 Å². The van der Waals surface area contributed by atoms with Crippen LogP contribution in [0.15, 0.2) is 0 Å². The van der Waals surface area contributed by atoms with E-state index in [1.54, 1.807) is 13.8 Å². The van der Waals surface area contributed by atoms with E-state index in [0.29, 0.717) is 6.54 Å². The van der Waals surface area contributed by atoms with Gasteiger partial charge in [0.15, 0.2) is 0 Å². The zero-order valence-electron chi connectivity index (χ0n) is 7.38. The van der Waals surface area contributed by atoms with Gasteiger partial charge in [0.2, 0.25) is 0 Å². The van der Waals surface area contributed by atoms with Crippen LogP contribution in [0.2, 0.25) is 0 Å². The Kier molecular flexibility index (Phi) is 2.73. The zero-order chi connectivity index (χ0) is 10.2. The van der Waals surface area contributed by atoms with E-state index >= 15 is 0 Å². The van der Waals surface area contributed by atoms with Crippen molar-refractivity contribution >= 4 is 35.1 Å². The van der Waals surface area contributed by atoms with Crippen molar-refractivity contribution < 1.29 is 9.59 Å². The van der Waals surface area contributed by atoms with Crippen molar-refractivity contribution in [3.05, 3.63) is 0 Å². The number of rotatable bonds is 2. The van der Waals surface area contributed by atoms with E-state index in [4.69, 9.17) is 23.2 Å². The van der Waals surface area contributed by atoms with Gasteiger partial charge in [-0.15, -0.1) is 0 Å². The summed E-state index contributed by atoms with van der Waals surface area (Å²) in [5, 5.41) is 0. The predicted octanol–water partition coefficient (Wildman–Crippen LogP) is 1.42. The molecule has 6 heteroatoms. The van der Waals surface area contributed by atoms with Crippen molar-refractivity contribution in [2.45, 2.75) is 18.3 Å². The molecule has 0 aromatic carbocycles. The van der Waals surface area contributed by atoms with Crippen LogP contribution in [0.25, 0.3) is 0 Å². The average Bonchev–Trinajstić information content (AvgIpc) is 2.20. The van der Waals surface area contributed by atoms with Crippen molar-refractivity contribution in [3.63, 3.8) is 0 Å². The Balaban J connectivity index is 3.03. The standard InChI is InChI=1S/C7H10Cl2N2O2/c1-3-10-5(12)7(8,9)11(4-2)6(10)13/h3-4H2,1-2H3. The minimum atomic E-state index is -1.72. The number of hydrogen-bond acceptors (Lipinski definition) is 2. The molecule has 0 radical (unpaired) electrons. The van der Waals surface area contributed by atoms with Gasteiger partial charge in [0.05, 0.1) is 0 Å². The predicted molar refractivity (Wildman–Crippen MR) is 49.6 cm³/mol. The first-order valence-corrected chi connectivity index (χ1v) is 4.73. The van der Waals surface area contributed by atoms with Gasteiger partial charge >= 0.3 is 6.03 Å². The molecule has 0 aromatic heterocycles. The van der Waals surface area contributed by atoms with Crippen LogP contribution in [0.5, 0.6) is 0 Å². The van der Waals surface area contributed by atoms with Crippen LogP contribution >= 0.6 is 23.2 Å². The van der Waals surface area contributed by atoms with Crippen LogP contribution in [0.4, 0.5) is 4.79 Å². The lowest BCUT2D eigenvalue weighted by Gasteiger charge is -2.20. The highest BCUT2D eigenvalue weighted by atomic mass is 35.5. The summed E-state index contributed by atoms with van der Waals surface area (Å²) in [5.74, 6) is -0.565. The molecular formula is C7H10Cl2N2O2. The maximum Gasteiger partial charge on any atom is 0.329 e. The number of halogens is 2. The lowest BCUT2D eigenvalue weighted by atomic mass is 10.5. The number of carbonyl (C=O) groups excluding carboxylic acids is 2. The van der Waals surface area contributed by atoms with Gasteiger partial charge in [-0.05, 0) is 13.8 Å². The lowest BCUT2D eigenvalue weighted by Crippen LogP contribution is -2.39. The molecular weight excluding hydrogens is 215 g/mol. The molecule has 0 unspecified atom stereocenters. The van der Waals surface area contributed by atoms with Crippen molar-refractivity contribution in [2.75, 3.05) is 13.1 Å². The van der Waals surface area contributed by atoms with Crippen molar-refractivity contribution in [1.29, 1.82) is 0 Å². The molecule has 0 N–H and O–H groups in total. The molecule has 1 aliphatic rings. The summed E-state index contributed by atoms with van der Waals surface area (Å²) in [4.78, 5) is 25.1. The Hall–Kier alpha value is -0.480. The van der Waals surface area contributed by atoms with Gasteiger partial charge in [0, 0.05) is 13.1 Å². The Bertz CT molecular complexity index is 255. The first-order valence-electron chi connectivity index (χ1n) is 3.98. The Morgan fingerprint density at radius 3 is 2.00 bits per heavy atom. The number of alkyl halides is 2. The first kappa shape index (κ1) is 10.6. The Morgan fingerprint density at radius 1 is 1.23 bits per heavy atom. The van der Waals surface area contributed by atoms with Gasteiger partial charge < -0.3 is 0 Å². The number of amides is 3. The van der Waals surface area contributed by atoms with Gasteiger partial charge in [-0.1, -0.05) is 23.2 Å². The topological polar surface area (TPSA) is 40.6 Å². The maximum atomic E-state index is 11.5. The summed E-state index contributed by atoms with van der Waals surface area (Å²) in [6, 6.07) is -0.431. The smallest absolute Gasteiger partial charge is 0.285 e. The molecule has 1 rings (SSSR count). The summed E-state index contributed by atoms with van der Waals surface area (Å²) in [5.41, 5.74) is 0. The number of nitrogens with zero attached hydrogens (tertiary/aromatic N) is 2. The number of likely N-dealkylation sites (N-methyl/N-ethyl adjacent to an activating group) is 2. The maximum absolute atomic E-state index is 11.5. The largest absolute Gasteiger partial charge is 0.329 e. The quantitative estimate of drug-likeness (QED) is 0.405. The molecule has 1 fully saturated rings. The Labute approximate surface area is 86.4 Å². The SMILES string of the molecule is CCN1C(=O)N(CC)C(Cl)(Cl)C1=O. The van der Waals surface area contributed by atoms with Crippen LogP contribution in [0, 0.1) is 0 Å². The van der Waals surface area contributed by atoms with E-state index in [1.807, 2.05) is 0 Å². The highest BCUT2D eigenvalue weighted by Crippen LogP contribution is 2.35. The van der Waals surface area contributed by atoms with Crippen molar-refractivity contribution in [1.82, 2.24) is 9.80 Å². The number of imide groups is 1. The second-order valence-corrected chi connectivity index (χ2v) is 3.90. The van der Waals surface area contributed by atoms with E-state index in [-0.39, 0.29) is 6.54 Å². The molecule has 3 amide bonds. The molecule has 1 saturated heterocycles. The molecule has 1 aliphatic heterocycles. The lowest BCUT2D eigenvalue weighted by molar-refractivity contribution is -0.127. The monoisotopic (exact) mass is 224 g/mol. The summed E-state index contributed by atoms with van der Waals surface area (Å²) in [6.45, 7) is 4.01. The minimum Gasteiger partial charge on any atom is -0.285 e. The van der Waals surface area contributed by atoms with Gasteiger partial charge in [0.1, 0.15) is 0 Å². The van der Waals surface area contributed by atoms with Crippen LogP contribution in [0.1, 0.15) is 13.8 Å². The van der Waals surface area contributed by atoms with Crippen molar-refractivity contribution in [2.24, 2.45) is 0 Å². The summed E-state index contributed by atoms with van der Waals surface area (Å²) >= 11 is 11.5. The van der Waals surface area contributed by atoms with Gasteiger partial charge in [-0.25, -0.2) is 4.79 Å². The molecule has 0 saturated carbocycles. The fourth-order valence-electron chi connectivity index (χ4n) is 1.24. The van der Waals surface area contributed by atoms with Crippen LogP contribution in [0.3, 0.4) is 0 Å². The first-order chi connectivity index (χ1) is 5.96. The normalized spacial score (nSPS) is 21.5. The molecule has 13 heavy (non-hydrogen) atoms. The third-order valence-electron chi connectivity index (χ3n) is 1.94. The van der Waals surface area contributed by atoms with E-state index < -0.39 is 16.4 Å². The Morgan fingerprint density at radius 2 is 1.77 bits per heavy atom. The second kappa shape index (κ2) is 3.35. The van der Waals surface area contributed by atoms with E-state index in [0.717, 1.165) is 9.80 Å². The molecule has 74 valence electrons. The summed E-state index contributed by atoms with van der Waals surface area (Å²) < 4.78 is -1.72. The summed E-state index contributed by atoms with van der Waals surface area (Å²) in [7, 11) is 0. The average molecular weight is 225 g/mol.